The van der Waals surface area contributed by atoms with Crippen LogP contribution in [0.5, 0.6) is 5.75 Å². The molecule has 0 saturated carbocycles. The first-order valence-corrected chi connectivity index (χ1v) is 12.1. The number of carbonyl (C=O) groups excluding carboxylic acids is 1. The second-order valence-corrected chi connectivity index (χ2v) is 9.87. The summed E-state index contributed by atoms with van der Waals surface area (Å²) in [5.41, 5.74) is 0.755. The first-order valence-electron chi connectivity index (χ1n) is 10.7. The molecule has 1 amide bonds. The molecule has 9 nitrogen and oxygen atoms in total. The van der Waals surface area contributed by atoms with Gasteiger partial charge in [0.15, 0.2) is 0 Å². The summed E-state index contributed by atoms with van der Waals surface area (Å²) in [4.78, 5) is 19.2. The minimum Gasteiger partial charge on any atom is -0.497 e. The molecule has 1 fully saturated rings. The maximum Gasteiger partial charge on any atom is 0.246 e. The van der Waals surface area contributed by atoms with Crippen molar-refractivity contribution in [2.75, 3.05) is 27.2 Å². The highest BCUT2D eigenvalue weighted by molar-refractivity contribution is 7.89. The number of sulfonamides is 1. The van der Waals surface area contributed by atoms with E-state index >= 15 is 0 Å². The Labute approximate surface area is 193 Å². The summed E-state index contributed by atoms with van der Waals surface area (Å²) in [6.07, 6.45) is 0.933. The molecule has 3 aromatic rings. The van der Waals surface area contributed by atoms with Crippen LogP contribution in [0.1, 0.15) is 18.7 Å². The highest BCUT2D eigenvalue weighted by Gasteiger charge is 2.33. The van der Waals surface area contributed by atoms with Gasteiger partial charge < -0.3 is 14.2 Å². The molecule has 2 heterocycles. The molecule has 1 saturated heterocycles. The van der Waals surface area contributed by atoms with Gasteiger partial charge in [-0.1, -0.05) is 35.5 Å². The largest absolute Gasteiger partial charge is 0.497 e. The Hall–Kier alpha value is -3.24. The van der Waals surface area contributed by atoms with Crippen LogP contribution in [0.15, 0.2) is 64.0 Å². The van der Waals surface area contributed by atoms with Gasteiger partial charge in [0.2, 0.25) is 27.6 Å². The van der Waals surface area contributed by atoms with Crippen LogP contribution in [-0.4, -0.2) is 60.9 Å². The lowest BCUT2D eigenvalue weighted by Gasteiger charge is -2.32. The molecule has 0 unspecified atom stereocenters. The van der Waals surface area contributed by atoms with Gasteiger partial charge in [-0.2, -0.15) is 9.29 Å². The summed E-state index contributed by atoms with van der Waals surface area (Å²) in [5.74, 6) is 1.12. The Morgan fingerprint density at radius 3 is 2.58 bits per heavy atom. The standard InChI is InChI=1S/C23H26N4O5S/c1-26(16-21-24-22(25-32-21)18-7-6-8-19(15-18)31-2)23(28)17-11-13-27(14-12-17)33(29,30)20-9-4-3-5-10-20/h3-10,15,17H,11-14,16H2,1-2H3. The maximum absolute atomic E-state index is 12.9. The second-order valence-electron chi connectivity index (χ2n) is 7.93. The van der Waals surface area contributed by atoms with Crippen molar-refractivity contribution in [1.29, 1.82) is 0 Å². The topological polar surface area (TPSA) is 106 Å². The molecule has 2 aromatic carbocycles. The lowest BCUT2D eigenvalue weighted by atomic mass is 9.97. The summed E-state index contributed by atoms with van der Waals surface area (Å²) in [5, 5.41) is 4.00. The van der Waals surface area contributed by atoms with Gasteiger partial charge in [-0.3, -0.25) is 4.79 Å². The number of ether oxygens (including phenoxy) is 1. The minimum atomic E-state index is -3.54. The number of amides is 1. The average molecular weight is 471 g/mol. The van der Waals surface area contributed by atoms with Crippen molar-refractivity contribution >= 4 is 15.9 Å². The Balaban J connectivity index is 1.34. The number of aromatic nitrogens is 2. The number of hydrogen-bond acceptors (Lipinski definition) is 7. The van der Waals surface area contributed by atoms with Crippen LogP contribution in [-0.2, 0) is 21.4 Å². The van der Waals surface area contributed by atoms with Gasteiger partial charge in [0, 0.05) is 31.6 Å². The summed E-state index contributed by atoms with van der Waals surface area (Å²) < 4.78 is 37.6. The van der Waals surface area contributed by atoms with E-state index in [1.807, 2.05) is 18.2 Å². The van der Waals surface area contributed by atoms with Crippen molar-refractivity contribution in [3.05, 3.63) is 60.5 Å². The SMILES string of the molecule is COc1cccc(-c2noc(CN(C)C(=O)C3CCN(S(=O)(=O)c4ccccc4)CC3)n2)c1. The zero-order valence-electron chi connectivity index (χ0n) is 18.5. The van der Waals surface area contributed by atoms with Gasteiger partial charge in [0.25, 0.3) is 0 Å². The van der Waals surface area contributed by atoms with Crippen molar-refractivity contribution in [2.24, 2.45) is 5.92 Å². The summed E-state index contributed by atoms with van der Waals surface area (Å²) in [7, 11) is -0.271. The van der Waals surface area contributed by atoms with Crippen LogP contribution in [0.4, 0.5) is 0 Å². The number of methoxy groups -OCH3 is 1. The number of benzene rings is 2. The fourth-order valence-corrected chi connectivity index (χ4v) is 5.37. The monoisotopic (exact) mass is 470 g/mol. The van der Waals surface area contributed by atoms with E-state index in [-0.39, 0.29) is 23.3 Å². The Kier molecular flexibility index (Phi) is 6.75. The molecule has 1 aromatic heterocycles. The van der Waals surface area contributed by atoms with E-state index in [2.05, 4.69) is 10.1 Å². The number of carbonyl (C=O) groups is 1. The molecular formula is C23H26N4O5S. The fourth-order valence-electron chi connectivity index (χ4n) is 3.88. The van der Waals surface area contributed by atoms with E-state index in [0.717, 1.165) is 5.56 Å². The summed E-state index contributed by atoms with van der Waals surface area (Å²) >= 11 is 0. The molecule has 33 heavy (non-hydrogen) atoms. The van der Waals surface area contributed by atoms with Crippen LogP contribution in [0.2, 0.25) is 0 Å². The lowest BCUT2D eigenvalue weighted by Crippen LogP contribution is -2.43. The molecule has 0 aliphatic carbocycles. The van der Waals surface area contributed by atoms with Gasteiger partial charge in [0.05, 0.1) is 18.6 Å². The number of nitrogens with zero attached hydrogens (tertiary/aromatic N) is 4. The van der Waals surface area contributed by atoms with Crippen molar-refractivity contribution in [3.63, 3.8) is 0 Å². The first kappa shape index (κ1) is 22.9. The Morgan fingerprint density at radius 1 is 1.15 bits per heavy atom. The molecule has 10 heteroatoms. The average Bonchev–Trinajstić information content (AvgIpc) is 3.32. The van der Waals surface area contributed by atoms with Gasteiger partial charge >= 0.3 is 0 Å². The van der Waals surface area contributed by atoms with Crippen LogP contribution in [0.25, 0.3) is 11.4 Å². The van der Waals surface area contributed by atoms with Crippen molar-refractivity contribution in [1.82, 2.24) is 19.3 Å². The highest BCUT2D eigenvalue weighted by atomic mass is 32.2. The molecule has 0 radical (unpaired) electrons. The first-order chi connectivity index (χ1) is 15.9. The van der Waals surface area contributed by atoms with E-state index in [4.69, 9.17) is 9.26 Å². The number of hydrogen-bond donors (Lipinski definition) is 0. The van der Waals surface area contributed by atoms with Crippen LogP contribution in [0, 0.1) is 5.92 Å². The van der Waals surface area contributed by atoms with Crippen LogP contribution >= 0.6 is 0 Å². The highest BCUT2D eigenvalue weighted by Crippen LogP contribution is 2.26. The molecule has 1 aliphatic rings. The van der Waals surface area contributed by atoms with E-state index in [0.29, 0.717) is 43.4 Å². The second kappa shape index (κ2) is 9.72. The molecule has 4 rings (SSSR count). The van der Waals surface area contributed by atoms with Gasteiger partial charge in [0.1, 0.15) is 5.75 Å². The maximum atomic E-state index is 12.9. The van der Waals surface area contributed by atoms with Crippen molar-refractivity contribution in [2.45, 2.75) is 24.3 Å². The zero-order valence-corrected chi connectivity index (χ0v) is 19.4. The van der Waals surface area contributed by atoms with Gasteiger partial charge in [-0.05, 0) is 37.1 Å². The van der Waals surface area contributed by atoms with E-state index < -0.39 is 10.0 Å². The predicted octanol–water partition coefficient (Wildman–Crippen LogP) is 2.80. The Morgan fingerprint density at radius 2 is 1.88 bits per heavy atom. The van der Waals surface area contributed by atoms with Crippen molar-refractivity contribution in [3.8, 4) is 17.1 Å². The number of rotatable bonds is 7. The molecule has 1 aliphatic heterocycles. The number of piperidine rings is 1. The van der Waals surface area contributed by atoms with E-state index in [1.165, 1.54) is 4.31 Å². The lowest BCUT2D eigenvalue weighted by molar-refractivity contribution is -0.136. The van der Waals surface area contributed by atoms with Crippen molar-refractivity contribution < 1.29 is 22.5 Å². The third kappa shape index (κ3) is 5.07. The van der Waals surface area contributed by atoms with Crippen LogP contribution in [0.3, 0.4) is 0 Å². The van der Waals surface area contributed by atoms with E-state index in [9.17, 15) is 13.2 Å². The fraction of sp³-hybridized carbons (Fsp3) is 0.348. The third-order valence-corrected chi connectivity index (χ3v) is 7.64. The smallest absolute Gasteiger partial charge is 0.246 e. The molecule has 174 valence electrons. The molecule has 0 N–H and O–H groups in total. The summed E-state index contributed by atoms with van der Waals surface area (Å²) in [6.45, 7) is 0.794. The molecular weight excluding hydrogens is 444 g/mol. The van der Waals surface area contributed by atoms with Gasteiger partial charge in [-0.15, -0.1) is 0 Å². The predicted molar refractivity (Wildman–Crippen MR) is 121 cm³/mol. The zero-order chi connectivity index (χ0) is 23.4. The summed E-state index contributed by atoms with van der Waals surface area (Å²) in [6, 6.07) is 15.7. The minimum absolute atomic E-state index is 0.0621. The van der Waals surface area contributed by atoms with Gasteiger partial charge in [-0.25, -0.2) is 8.42 Å². The Bertz CT molecular complexity index is 1200. The third-order valence-electron chi connectivity index (χ3n) is 5.73. The quantitative estimate of drug-likeness (QED) is 0.523. The molecule has 0 atom stereocenters. The van der Waals surface area contributed by atoms with E-state index in [1.54, 1.807) is 55.5 Å². The normalized spacial score (nSPS) is 15.3. The molecule has 0 bridgehead atoms. The van der Waals surface area contributed by atoms with Crippen LogP contribution < -0.4 is 4.74 Å². The molecule has 0 spiro atoms.